The number of hydrogen-bond donors (Lipinski definition) is 2. The maximum Gasteiger partial charge on any atom is 0.170 e. The zero-order chi connectivity index (χ0) is 27.2. The highest BCUT2D eigenvalue weighted by Crippen LogP contribution is 2.35. The number of aromatic nitrogens is 3. The molecule has 0 saturated carbocycles. The molecule has 1 saturated heterocycles. The van der Waals surface area contributed by atoms with Crippen LogP contribution >= 0.6 is 11.6 Å². The highest BCUT2D eigenvalue weighted by atomic mass is 35.5. The van der Waals surface area contributed by atoms with Crippen LogP contribution in [0.3, 0.4) is 0 Å². The zero-order valence-corrected chi connectivity index (χ0v) is 22.7. The van der Waals surface area contributed by atoms with Crippen molar-refractivity contribution in [3.05, 3.63) is 77.8 Å². The predicted octanol–water partition coefficient (Wildman–Crippen LogP) is 4.63. The number of anilines is 2. The Kier molecular flexibility index (Phi) is 8.21. The third-order valence-electron chi connectivity index (χ3n) is 6.63. The van der Waals surface area contributed by atoms with Crippen molar-refractivity contribution in [2.45, 2.75) is 25.0 Å². The summed E-state index contributed by atoms with van der Waals surface area (Å²) >= 11 is 6.53. The van der Waals surface area contributed by atoms with Crippen molar-refractivity contribution in [2.24, 2.45) is 0 Å². The van der Waals surface area contributed by atoms with Gasteiger partial charge in [0.15, 0.2) is 5.78 Å². The first-order valence-electron chi connectivity index (χ1n) is 12.8. The number of likely N-dealkylation sites (N-methyl/N-ethyl adjacent to an activating group) is 1. The van der Waals surface area contributed by atoms with Crippen LogP contribution in [0.1, 0.15) is 18.5 Å². The number of Topliss-reactive ketones (excluding diaryl/α,β-unsaturated/α-hetero) is 1. The van der Waals surface area contributed by atoms with Gasteiger partial charge in [-0.15, -0.1) is 0 Å². The van der Waals surface area contributed by atoms with E-state index in [2.05, 4.69) is 25.6 Å². The summed E-state index contributed by atoms with van der Waals surface area (Å²) in [6.07, 6.45) is 4.89. The van der Waals surface area contributed by atoms with E-state index >= 15 is 0 Å². The average molecular weight is 547 g/mol. The molecule has 1 fully saturated rings. The number of ketones is 1. The molecule has 0 radical (unpaired) electrons. The van der Waals surface area contributed by atoms with Crippen molar-refractivity contribution in [1.82, 2.24) is 25.2 Å². The van der Waals surface area contributed by atoms with Gasteiger partial charge in [-0.1, -0.05) is 23.7 Å². The van der Waals surface area contributed by atoms with E-state index in [9.17, 15) is 4.79 Å². The summed E-state index contributed by atoms with van der Waals surface area (Å²) < 4.78 is 12.2. The first-order chi connectivity index (χ1) is 18.9. The number of benzene rings is 2. The Labute approximate surface area is 232 Å². The number of hydrogen-bond acceptors (Lipinski definition) is 9. The molecule has 0 aliphatic carbocycles. The number of halogens is 1. The molecule has 9 nitrogen and oxygen atoms in total. The van der Waals surface area contributed by atoms with Crippen LogP contribution in [0.4, 0.5) is 11.5 Å². The lowest BCUT2D eigenvalue weighted by atomic mass is 9.92. The van der Waals surface area contributed by atoms with Crippen molar-refractivity contribution in [3.63, 3.8) is 0 Å². The Bertz CT molecular complexity index is 1440. The average Bonchev–Trinajstić information content (AvgIpc) is 3.42. The van der Waals surface area contributed by atoms with Crippen LogP contribution in [-0.4, -0.2) is 65.0 Å². The van der Waals surface area contributed by atoms with Crippen molar-refractivity contribution >= 4 is 39.8 Å². The molecule has 39 heavy (non-hydrogen) atoms. The molecule has 4 aromatic rings. The van der Waals surface area contributed by atoms with Crippen LogP contribution in [0, 0.1) is 0 Å². The third kappa shape index (κ3) is 6.27. The molecular weight excluding hydrogens is 516 g/mol. The molecule has 2 N–H and O–H groups in total. The number of nitrogens with one attached hydrogen (secondary N) is 2. The largest absolute Gasteiger partial charge is 0.490 e. The first kappa shape index (κ1) is 26.8. The number of carbonyl (C=O) groups is 1. The quantitative estimate of drug-likeness (QED) is 0.279. The van der Waals surface area contributed by atoms with Gasteiger partial charge in [0.2, 0.25) is 0 Å². The van der Waals surface area contributed by atoms with Gasteiger partial charge in [-0.25, -0.2) is 9.97 Å². The van der Waals surface area contributed by atoms with Crippen molar-refractivity contribution in [1.29, 1.82) is 0 Å². The fraction of sp³-hybridized carbons (Fsp3) is 0.310. The van der Waals surface area contributed by atoms with Gasteiger partial charge in [0.05, 0.1) is 28.2 Å². The lowest BCUT2D eigenvalue weighted by Crippen LogP contribution is -2.55. The molecule has 1 aliphatic rings. The fourth-order valence-corrected chi connectivity index (χ4v) is 4.88. The number of rotatable bonds is 11. The summed E-state index contributed by atoms with van der Waals surface area (Å²) in [7, 11) is 3.79. The summed E-state index contributed by atoms with van der Waals surface area (Å²) in [5.74, 6) is 1.85. The minimum absolute atomic E-state index is 0.125. The zero-order valence-electron chi connectivity index (χ0n) is 22.0. The number of ether oxygens (including phenoxy) is 2. The van der Waals surface area contributed by atoms with E-state index in [1.807, 2.05) is 61.5 Å². The maximum absolute atomic E-state index is 13.1. The van der Waals surface area contributed by atoms with Crippen LogP contribution in [0.15, 0.2) is 67.1 Å². The van der Waals surface area contributed by atoms with Gasteiger partial charge < -0.3 is 25.0 Å². The van der Waals surface area contributed by atoms with E-state index < -0.39 is 5.54 Å². The highest BCUT2D eigenvalue weighted by molar-refractivity contribution is 6.32. The number of pyridine rings is 1. The maximum atomic E-state index is 13.1. The summed E-state index contributed by atoms with van der Waals surface area (Å²) in [5, 5.41) is 7.92. The molecule has 10 heteroatoms. The monoisotopic (exact) mass is 546 g/mol. The number of carbonyl (C=O) groups excluding carboxylic acids is 1. The highest BCUT2D eigenvalue weighted by Gasteiger charge is 2.41. The van der Waals surface area contributed by atoms with E-state index in [1.54, 1.807) is 18.3 Å². The molecule has 2 aromatic heterocycles. The molecule has 5 rings (SSSR count). The predicted molar refractivity (Wildman–Crippen MR) is 152 cm³/mol. The SMILES string of the molecule is CN(C)CC(=O)[C@]1(COc2cccc3ncnc(Nc4ccc(OCc5ccccn5)c(Cl)c4)c23)CCCN1. The summed E-state index contributed by atoms with van der Waals surface area (Å²) in [6, 6.07) is 16.8. The van der Waals surface area contributed by atoms with E-state index in [-0.39, 0.29) is 12.4 Å². The molecule has 1 aliphatic heterocycles. The lowest BCUT2D eigenvalue weighted by Gasteiger charge is -2.29. The summed E-state index contributed by atoms with van der Waals surface area (Å²) in [4.78, 5) is 28.2. The topological polar surface area (TPSA) is 102 Å². The van der Waals surface area contributed by atoms with E-state index in [0.29, 0.717) is 35.5 Å². The molecule has 0 bridgehead atoms. The van der Waals surface area contributed by atoms with Gasteiger partial charge in [0.25, 0.3) is 0 Å². The Balaban J connectivity index is 1.35. The number of nitrogens with zero attached hydrogens (tertiary/aromatic N) is 4. The Hall–Kier alpha value is -3.79. The molecule has 2 aromatic carbocycles. The molecule has 202 valence electrons. The van der Waals surface area contributed by atoms with Crippen molar-refractivity contribution in [2.75, 3.05) is 39.1 Å². The van der Waals surface area contributed by atoms with Crippen LogP contribution in [0.25, 0.3) is 10.9 Å². The minimum atomic E-state index is -0.714. The summed E-state index contributed by atoms with van der Waals surface area (Å²) in [5.41, 5.74) is 1.55. The van der Waals surface area contributed by atoms with Gasteiger partial charge in [0, 0.05) is 11.9 Å². The molecule has 0 spiro atoms. The smallest absolute Gasteiger partial charge is 0.170 e. The molecule has 3 heterocycles. The van der Waals surface area contributed by atoms with E-state index in [4.69, 9.17) is 21.1 Å². The number of fused-ring (bicyclic) bond motifs is 1. The van der Waals surface area contributed by atoms with Gasteiger partial charge in [-0.2, -0.15) is 0 Å². The lowest BCUT2D eigenvalue weighted by molar-refractivity contribution is -0.126. The van der Waals surface area contributed by atoms with Crippen molar-refractivity contribution < 1.29 is 14.3 Å². The van der Waals surface area contributed by atoms with Crippen molar-refractivity contribution in [3.8, 4) is 11.5 Å². The van der Waals surface area contributed by atoms with Gasteiger partial charge in [0.1, 0.15) is 42.4 Å². The minimum Gasteiger partial charge on any atom is -0.490 e. The van der Waals surface area contributed by atoms with Crippen LogP contribution in [0.5, 0.6) is 11.5 Å². The van der Waals surface area contributed by atoms with Gasteiger partial charge >= 0.3 is 0 Å². The first-order valence-corrected chi connectivity index (χ1v) is 13.2. The second-order valence-electron chi connectivity index (χ2n) is 9.81. The van der Waals surface area contributed by atoms with Crippen LogP contribution in [-0.2, 0) is 11.4 Å². The molecular formula is C29H31ClN6O3. The Morgan fingerprint density at radius 2 is 1.97 bits per heavy atom. The van der Waals surface area contributed by atoms with E-state index in [1.165, 1.54) is 6.33 Å². The van der Waals surface area contributed by atoms with Crippen LogP contribution in [0.2, 0.25) is 5.02 Å². The van der Waals surface area contributed by atoms with Crippen LogP contribution < -0.4 is 20.1 Å². The standard InChI is InChI=1S/C29H31ClN6O3/c1-36(2)16-26(37)29(12-6-14-34-29)18-39-25-9-5-8-23-27(25)28(33-19-32-23)35-20-10-11-24(22(30)15-20)38-17-21-7-3-4-13-31-21/h3-5,7-11,13,15,19,34H,6,12,14,16-18H2,1-2H3,(H,32,33,35)/t29-/m1/s1. The molecule has 1 atom stereocenters. The third-order valence-corrected chi connectivity index (χ3v) is 6.93. The normalized spacial score (nSPS) is 16.9. The van der Waals surface area contributed by atoms with Gasteiger partial charge in [-0.05, 0) is 75.9 Å². The second kappa shape index (κ2) is 11.9. The molecule has 0 unspecified atom stereocenters. The summed E-state index contributed by atoms with van der Waals surface area (Å²) in [6.45, 7) is 1.68. The Morgan fingerprint density at radius 3 is 2.72 bits per heavy atom. The van der Waals surface area contributed by atoms with E-state index in [0.717, 1.165) is 41.7 Å². The van der Waals surface area contributed by atoms with Gasteiger partial charge in [-0.3, -0.25) is 9.78 Å². The molecule has 0 amide bonds. The fourth-order valence-electron chi connectivity index (χ4n) is 4.65. The second-order valence-corrected chi connectivity index (χ2v) is 10.2. The Morgan fingerprint density at radius 1 is 1.08 bits per heavy atom.